The summed E-state index contributed by atoms with van der Waals surface area (Å²) in [6.45, 7) is 5.54. The molecule has 0 aliphatic carbocycles. The van der Waals surface area contributed by atoms with Crippen LogP contribution in [-0.4, -0.2) is 26.6 Å². The van der Waals surface area contributed by atoms with E-state index in [1.165, 1.54) is 18.2 Å². The summed E-state index contributed by atoms with van der Waals surface area (Å²) in [5.74, 6) is -0.423. The molecule has 2 aromatic carbocycles. The Morgan fingerprint density at radius 3 is 2.22 bits per heavy atom. The van der Waals surface area contributed by atoms with Crippen LogP contribution in [0.1, 0.15) is 24.5 Å². The Hall–Kier alpha value is -1.76. The van der Waals surface area contributed by atoms with Gasteiger partial charge in [0.1, 0.15) is 6.04 Å². The number of rotatable bonds is 6. The molecule has 1 N–H and O–H groups in total. The Kier molecular flexibility index (Phi) is 6.78. The fraction of sp³-hybridized carbons (Fsp3) is 0.316. The lowest BCUT2D eigenvalue weighted by molar-refractivity contribution is -0.117. The number of hydrogen-bond donors (Lipinski definition) is 1. The minimum atomic E-state index is -3.76. The quantitative estimate of drug-likeness (QED) is 0.718. The van der Waals surface area contributed by atoms with Gasteiger partial charge in [-0.05, 0) is 55.7 Å². The normalized spacial score (nSPS) is 12.5. The average molecular weight is 429 g/mol. The van der Waals surface area contributed by atoms with Crippen molar-refractivity contribution in [3.8, 4) is 0 Å². The van der Waals surface area contributed by atoms with E-state index in [9.17, 15) is 13.2 Å². The molecule has 1 unspecified atom stereocenters. The predicted molar refractivity (Wildman–Crippen MR) is 112 cm³/mol. The van der Waals surface area contributed by atoms with Gasteiger partial charge in [0.15, 0.2) is 0 Å². The molecule has 0 fully saturated rings. The molecule has 146 valence electrons. The van der Waals surface area contributed by atoms with Gasteiger partial charge < -0.3 is 5.32 Å². The minimum absolute atomic E-state index is 0.248. The Morgan fingerprint density at radius 1 is 1.11 bits per heavy atom. The van der Waals surface area contributed by atoms with Gasteiger partial charge in [-0.25, -0.2) is 8.42 Å². The van der Waals surface area contributed by atoms with Crippen LogP contribution in [0.15, 0.2) is 36.4 Å². The van der Waals surface area contributed by atoms with Gasteiger partial charge >= 0.3 is 0 Å². The zero-order chi connectivity index (χ0) is 20.4. The van der Waals surface area contributed by atoms with Crippen molar-refractivity contribution in [1.29, 1.82) is 0 Å². The SMILES string of the molecule is CCC(C(=O)Nc1cc(C)ccc1C)N(c1cc(Cl)cc(Cl)c1)S(C)(=O)=O. The van der Waals surface area contributed by atoms with Crippen molar-refractivity contribution < 1.29 is 13.2 Å². The molecule has 1 atom stereocenters. The lowest BCUT2D eigenvalue weighted by atomic mass is 10.1. The van der Waals surface area contributed by atoms with Crippen LogP contribution in [0.5, 0.6) is 0 Å². The van der Waals surface area contributed by atoms with Gasteiger partial charge in [-0.3, -0.25) is 9.10 Å². The molecule has 0 saturated heterocycles. The van der Waals surface area contributed by atoms with E-state index in [0.717, 1.165) is 21.7 Å². The van der Waals surface area contributed by atoms with Crippen LogP contribution in [0.4, 0.5) is 11.4 Å². The van der Waals surface area contributed by atoms with Crippen LogP contribution in [0.3, 0.4) is 0 Å². The number of nitrogens with one attached hydrogen (secondary N) is 1. The summed E-state index contributed by atoms with van der Waals surface area (Å²) in [4.78, 5) is 13.0. The maximum Gasteiger partial charge on any atom is 0.248 e. The highest BCUT2D eigenvalue weighted by molar-refractivity contribution is 7.92. The lowest BCUT2D eigenvalue weighted by Gasteiger charge is -2.30. The van der Waals surface area contributed by atoms with Crippen LogP contribution in [0, 0.1) is 13.8 Å². The average Bonchev–Trinajstić information content (AvgIpc) is 2.53. The molecule has 0 radical (unpaired) electrons. The number of nitrogens with zero attached hydrogens (tertiary/aromatic N) is 1. The summed E-state index contributed by atoms with van der Waals surface area (Å²) in [7, 11) is -3.76. The first-order chi connectivity index (χ1) is 12.5. The van der Waals surface area contributed by atoms with Crippen molar-refractivity contribution in [2.24, 2.45) is 0 Å². The highest BCUT2D eigenvalue weighted by atomic mass is 35.5. The zero-order valence-corrected chi connectivity index (χ0v) is 17.9. The Bertz CT molecular complexity index is 941. The number of halogens is 2. The topological polar surface area (TPSA) is 66.5 Å². The van der Waals surface area contributed by atoms with E-state index in [0.29, 0.717) is 5.69 Å². The third kappa shape index (κ3) is 5.37. The highest BCUT2D eigenvalue weighted by Gasteiger charge is 2.32. The number of anilines is 2. The smallest absolute Gasteiger partial charge is 0.248 e. The summed E-state index contributed by atoms with van der Waals surface area (Å²) in [6, 6.07) is 9.20. The minimum Gasteiger partial charge on any atom is -0.324 e. The van der Waals surface area contributed by atoms with E-state index in [1.54, 1.807) is 6.92 Å². The second-order valence-electron chi connectivity index (χ2n) is 6.42. The molecule has 2 aromatic rings. The Morgan fingerprint density at radius 2 is 1.70 bits per heavy atom. The molecule has 2 rings (SSSR count). The Balaban J connectivity index is 2.46. The van der Waals surface area contributed by atoms with Gasteiger partial charge in [-0.1, -0.05) is 42.3 Å². The third-order valence-corrected chi connectivity index (χ3v) is 5.70. The number of carbonyl (C=O) groups is 1. The largest absolute Gasteiger partial charge is 0.324 e. The van der Waals surface area contributed by atoms with E-state index < -0.39 is 22.0 Å². The van der Waals surface area contributed by atoms with Crippen LogP contribution in [-0.2, 0) is 14.8 Å². The maximum atomic E-state index is 13.0. The molecule has 0 saturated carbocycles. The van der Waals surface area contributed by atoms with E-state index >= 15 is 0 Å². The summed E-state index contributed by atoms with van der Waals surface area (Å²) in [5.41, 5.74) is 2.78. The van der Waals surface area contributed by atoms with Crippen LogP contribution in [0.2, 0.25) is 10.0 Å². The molecular formula is C19H22Cl2N2O3S. The number of carbonyl (C=O) groups excluding carboxylic acids is 1. The molecule has 5 nitrogen and oxygen atoms in total. The van der Waals surface area contributed by atoms with Crippen LogP contribution in [0.25, 0.3) is 0 Å². The lowest BCUT2D eigenvalue weighted by Crippen LogP contribution is -2.47. The molecule has 0 aliphatic rings. The molecule has 8 heteroatoms. The van der Waals surface area contributed by atoms with Crippen molar-refractivity contribution in [1.82, 2.24) is 0 Å². The first kappa shape index (κ1) is 21.5. The van der Waals surface area contributed by atoms with Crippen molar-refractivity contribution >= 4 is 50.5 Å². The molecule has 0 aromatic heterocycles. The van der Waals surface area contributed by atoms with Gasteiger partial charge in [0.05, 0.1) is 11.9 Å². The second-order valence-corrected chi connectivity index (χ2v) is 9.15. The molecule has 0 bridgehead atoms. The van der Waals surface area contributed by atoms with Gasteiger partial charge in [-0.2, -0.15) is 0 Å². The van der Waals surface area contributed by atoms with Crippen LogP contribution < -0.4 is 9.62 Å². The number of aryl methyl sites for hydroxylation is 2. The van der Waals surface area contributed by atoms with Crippen molar-refractivity contribution in [3.63, 3.8) is 0 Å². The van der Waals surface area contributed by atoms with E-state index in [1.807, 2.05) is 32.0 Å². The van der Waals surface area contributed by atoms with Crippen molar-refractivity contribution in [2.75, 3.05) is 15.9 Å². The molecule has 27 heavy (non-hydrogen) atoms. The van der Waals surface area contributed by atoms with Crippen LogP contribution >= 0.6 is 23.2 Å². The van der Waals surface area contributed by atoms with Gasteiger partial charge in [0.25, 0.3) is 0 Å². The first-order valence-corrected chi connectivity index (χ1v) is 11.0. The van der Waals surface area contributed by atoms with Gasteiger partial charge in [-0.15, -0.1) is 0 Å². The molecular weight excluding hydrogens is 407 g/mol. The standard InChI is InChI=1S/C19H22Cl2N2O3S/c1-5-18(19(24)22-17-8-12(2)6-7-13(17)3)23(27(4,25)26)16-10-14(20)9-15(21)11-16/h6-11,18H,5H2,1-4H3,(H,22,24). The predicted octanol–water partition coefficient (Wildman–Crippen LogP) is 4.79. The zero-order valence-electron chi connectivity index (χ0n) is 15.6. The third-order valence-electron chi connectivity index (χ3n) is 4.08. The summed E-state index contributed by atoms with van der Waals surface area (Å²) in [5, 5.41) is 3.42. The molecule has 0 heterocycles. The maximum absolute atomic E-state index is 13.0. The molecule has 0 aliphatic heterocycles. The monoisotopic (exact) mass is 428 g/mol. The number of amides is 1. The molecule has 1 amide bonds. The van der Waals surface area contributed by atoms with Crippen molar-refractivity contribution in [3.05, 3.63) is 57.6 Å². The van der Waals surface area contributed by atoms with E-state index in [4.69, 9.17) is 23.2 Å². The summed E-state index contributed by atoms with van der Waals surface area (Å²) < 4.78 is 26.0. The van der Waals surface area contributed by atoms with Gasteiger partial charge in [0, 0.05) is 15.7 Å². The summed E-state index contributed by atoms with van der Waals surface area (Å²) >= 11 is 12.1. The first-order valence-electron chi connectivity index (χ1n) is 8.36. The van der Waals surface area contributed by atoms with Gasteiger partial charge in [0.2, 0.25) is 15.9 Å². The fourth-order valence-corrected chi connectivity index (χ4v) is 4.52. The summed E-state index contributed by atoms with van der Waals surface area (Å²) in [6.07, 6.45) is 1.32. The van der Waals surface area contributed by atoms with E-state index in [2.05, 4.69) is 5.32 Å². The molecule has 0 spiro atoms. The van der Waals surface area contributed by atoms with Crippen molar-refractivity contribution in [2.45, 2.75) is 33.2 Å². The number of sulfonamides is 1. The second kappa shape index (κ2) is 8.50. The van der Waals surface area contributed by atoms with E-state index in [-0.39, 0.29) is 22.2 Å². The number of hydrogen-bond acceptors (Lipinski definition) is 3. The Labute approximate surface area is 170 Å². The highest BCUT2D eigenvalue weighted by Crippen LogP contribution is 2.30. The number of benzene rings is 2. The fourth-order valence-electron chi connectivity index (χ4n) is 2.81.